The van der Waals surface area contributed by atoms with Crippen LogP contribution in [0, 0.1) is 11.3 Å². The molecule has 1 aliphatic heterocycles. The van der Waals surface area contributed by atoms with Gasteiger partial charge in [-0.2, -0.15) is 28.5 Å². The Hall–Kier alpha value is -4.09. The Labute approximate surface area is 252 Å². The second-order valence-corrected chi connectivity index (χ2v) is 12.8. The fourth-order valence-electron chi connectivity index (χ4n) is 6.06. The molecule has 0 spiro atoms. The van der Waals surface area contributed by atoms with Crippen LogP contribution in [0.3, 0.4) is 0 Å². The van der Waals surface area contributed by atoms with Gasteiger partial charge in [-0.25, -0.2) is 15.0 Å². The van der Waals surface area contributed by atoms with Crippen LogP contribution in [0.4, 0.5) is 13.2 Å². The SMILES string of the molecule is CC(C)(C)NCc1cc(O[C@H]2CC[C@@H](N3CC(CC#N)(n4cc(-c5ncnc6[nH]ccc56)cn4)C3)CC2)nc(C(F)(F)F)n1. The van der Waals surface area contributed by atoms with E-state index in [0.29, 0.717) is 38.4 Å². The van der Waals surface area contributed by atoms with E-state index >= 15 is 0 Å². The number of nitrogens with one attached hydrogen (secondary N) is 2. The van der Waals surface area contributed by atoms with Gasteiger partial charge in [-0.3, -0.25) is 9.58 Å². The molecule has 44 heavy (non-hydrogen) atoms. The van der Waals surface area contributed by atoms with Crippen LogP contribution in [0.1, 0.15) is 64.4 Å². The number of hydrogen-bond acceptors (Lipinski definition) is 9. The van der Waals surface area contributed by atoms with E-state index in [2.05, 4.69) is 46.3 Å². The number of H-pyrrole nitrogens is 1. The van der Waals surface area contributed by atoms with E-state index in [4.69, 9.17) is 4.74 Å². The van der Waals surface area contributed by atoms with E-state index < -0.39 is 17.5 Å². The van der Waals surface area contributed by atoms with E-state index in [1.54, 1.807) is 6.20 Å². The number of halogens is 3. The van der Waals surface area contributed by atoms with Crippen LogP contribution in [0.2, 0.25) is 0 Å². The topological polar surface area (TPSA) is 133 Å². The van der Waals surface area contributed by atoms with Gasteiger partial charge >= 0.3 is 6.18 Å². The lowest BCUT2D eigenvalue weighted by molar-refractivity contribution is -0.145. The molecule has 5 heterocycles. The molecule has 2 aliphatic rings. The molecular formula is C30H35F3N10O. The third-order valence-corrected chi connectivity index (χ3v) is 8.36. The molecule has 4 aromatic rings. The second-order valence-electron chi connectivity index (χ2n) is 12.8. The summed E-state index contributed by atoms with van der Waals surface area (Å²) in [7, 11) is 0. The summed E-state index contributed by atoms with van der Waals surface area (Å²) in [4.78, 5) is 21.6. The summed E-state index contributed by atoms with van der Waals surface area (Å²) in [6.07, 6.45) is 5.56. The molecule has 0 amide bonds. The van der Waals surface area contributed by atoms with Gasteiger partial charge < -0.3 is 15.0 Å². The summed E-state index contributed by atoms with van der Waals surface area (Å²) >= 11 is 0. The van der Waals surface area contributed by atoms with E-state index in [1.807, 2.05) is 43.9 Å². The lowest BCUT2D eigenvalue weighted by Crippen LogP contribution is -2.65. The van der Waals surface area contributed by atoms with E-state index in [9.17, 15) is 18.4 Å². The fourth-order valence-corrected chi connectivity index (χ4v) is 6.06. The predicted molar refractivity (Wildman–Crippen MR) is 155 cm³/mol. The van der Waals surface area contributed by atoms with E-state index in [0.717, 1.165) is 35.1 Å². The number of aromatic amines is 1. The maximum atomic E-state index is 13.5. The lowest BCUT2D eigenvalue weighted by atomic mass is 9.82. The minimum atomic E-state index is -4.67. The van der Waals surface area contributed by atoms with Gasteiger partial charge in [-0.05, 0) is 52.5 Å². The number of ether oxygens (including phenoxy) is 1. The molecule has 232 valence electrons. The van der Waals surface area contributed by atoms with E-state index in [1.165, 1.54) is 12.4 Å². The molecule has 2 fully saturated rings. The highest BCUT2D eigenvalue weighted by Crippen LogP contribution is 2.39. The van der Waals surface area contributed by atoms with Gasteiger partial charge in [-0.1, -0.05) is 0 Å². The van der Waals surface area contributed by atoms with Crippen molar-refractivity contribution in [2.75, 3.05) is 13.1 Å². The molecule has 1 aliphatic carbocycles. The number of likely N-dealkylation sites (tertiary alicyclic amines) is 1. The first kappa shape index (κ1) is 30.0. The predicted octanol–water partition coefficient (Wildman–Crippen LogP) is 4.83. The molecule has 4 aromatic heterocycles. The zero-order chi connectivity index (χ0) is 31.1. The van der Waals surface area contributed by atoms with Crippen LogP contribution in [0.25, 0.3) is 22.3 Å². The summed E-state index contributed by atoms with van der Waals surface area (Å²) in [5.41, 5.74) is 1.92. The molecule has 0 unspecified atom stereocenters. The minimum Gasteiger partial charge on any atom is -0.474 e. The maximum Gasteiger partial charge on any atom is 0.451 e. The molecule has 0 bridgehead atoms. The van der Waals surface area contributed by atoms with Crippen LogP contribution >= 0.6 is 0 Å². The monoisotopic (exact) mass is 608 g/mol. The van der Waals surface area contributed by atoms with Crippen molar-refractivity contribution in [2.45, 2.75) is 88.8 Å². The van der Waals surface area contributed by atoms with Gasteiger partial charge in [0.15, 0.2) is 0 Å². The van der Waals surface area contributed by atoms with Crippen molar-refractivity contribution in [1.29, 1.82) is 5.26 Å². The zero-order valence-corrected chi connectivity index (χ0v) is 24.9. The van der Waals surface area contributed by atoms with Crippen molar-refractivity contribution in [3.05, 3.63) is 48.6 Å². The Kier molecular flexibility index (Phi) is 7.79. The zero-order valence-electron chi connectivity index (χ0n) is 24.9. The molecule has 14 heteroatoms. The van der Waals surface area contributed by atoms with E-state index in [-0.39, 0.29) is 29.8 Å². The number of nitriles is 1. The highest BCUT2D eigenvalue weighted by atomic mass is 19.4. The molecular weight excluding hydrogens is 573 g/mol. The summed E-state index contributed by atoms with van der Waals surface area (Å²) in [5, 5.41) is 18.4. The number of alkyl halides is 3. The Morgan fingerprint density at radius 1 is 1.14 bits per heavy atom. The summed E-state index contributed by atoms with van der Waals surface area (Å²) < 4.78 is 48.5. The Morgan fingerprint density at radius 3 is 2.61 bits per heavy atom. The third-order valence-electron chi connectivity index (χ3n) is 8.36. The summed E-state index contributed by atoms with van der Waals surface area (Å²) in [5.74, 6) is -1.24. The number of hydrogen-bond donors (Lipinski definition) is 2. The quantitative estimate of drug-likeness (QED) is 0.288. The molecule has 11 nitrogen and oxygen atoms in total. The number of fused-ring (bicyclic) bond motifs is 1. The largest absolute Gasteiger partial charge is 0.474 e. The second kappa shape index (κ2) is 11.4. The lowest BCUT2D eigenvalue weighted by Gasteiger charge is -2.53. The molecule has 1 saturated heterocycles. The van der Waals surface area contributed by atoms with Gasteiger partial charge in [0.25, 0.3) is 0 Å². The van der Waals surface area contributed by atoms with Gasteiger partial charge in [0.2, 0.25) is 11.7 Å². The van der Waals surface area contributed by atoms with Crippen molar-refractivity contribution in [1.82, 2.24) is 44.9 Å². The van der Waals surface area contributed by atoms with Gasteiger partial charge in [-0.15, -0.1) is 0 Å². The maximum absolute atomic E-state index is 13.5. The third kappa shape index (κ3) is 6.25. The van der Waals surface area contributed by atoms with Crippen LogP contribution in [-0.2, 0) is 18.3 Å². The van der Waals surface area contributed by atoms with Crippen LogP contribution < -0.4 is 10.1 Å². The van der Waals surface area contributed by atoms with Crippen LogP contribution in [0.15, 0.2) is 37.1 Å². The summed E-state index contributed by atoms with van der Waals surface area (Å²) in [6, 6.07) is 6.06. The average Bonchev–Trinajstić information content (AvgIpc) is 3.64. The van der Waals surface area contributed by atoms with Crippen LogP contribution in [-0.4, -0.2) is 70.4 Å². The van der Waals surface area contributed by atoms with Crippen molar-refractivity contribution in [3.63, 3.8) is 0 Å². The molecule has 2 N–H and O–H groups in total. The number of aromatic nitrogens is 7. The molecule has 0 atom stereocenters. The van der Waals surface area contributed by atoms with Crippen molar-refractivity contribution < 1.29 is 17.9 Å². The van der Waals surface area contributed by atoms with Crippen molar-refractivity contribution in [3.8, 4) is 23.2 Å². The first-order valence-electron chi connectivity index (χ1n) is 14.7. The molecule has 0 aromatic carbocycles. The number of rotatable bonds is 8. The molecule has 0 radical (unpaired) electrons. The minimum absolute atomic E-state index is 0.0476. The van der Waals surface area contributed by atoms with Gasteiger partial charge in [0.05, 0.1) is 30.1 Å². The van der Waals surface area contributed by atoms with Crippen LogP contribution in [0.5, 0.6) is 5.88 Å². The highest BCUT2D eigenvalue weighted by Gasteiger charge is 2.48. The highest BCUT2D eigenvalue weighted by molar-refractivity contribution is 5.90. The first-order valence-corrected chi connectivity index (χ1v) is 14.7. The summed E-state index contributed by atoms with van der Waals surface area (Å²) in [6.45, 7) is 7.35. The molecule has 1 saturated carbocycles. The van der Waals surface area contributed by atoms with Crippen molar-refractivity contribution in [2.24, 2.45) is 0 Å². The standard InChI is InChI=1S/C30H35F3N10O/c1-28(2,3)38-14-20-12-24(41-27(40-20)30(31,32)33)44-22-6-4-21(5-7-22)42-16-29(17-42,9-10-34)43-15-19(13-39-43)25-23-8-11-35-26(23)37-18-36-25/h8,11-13,15,18,21-22,38H,4-7,9,14,16-17H2,1-3H3,(H,35,36,37)/t21-,22+. The molecule has 6 rings (SSSR count). The average molecular weight is 609 g/mol. The first-order chi connectivity index (χ1) is 20.9. The van der Waals surface area contributed by atoms with Gasteiger partial charge in [0, 0.05) is 60.6 Å². The Morgan fingerprint density at radius 2 is 1.91 bits per heavy atom. The fraction of sp³-hybridized carbons (Fsp3) is 0.533. The van der Waals surface area contributed by atoms with Gasteiger partial charge in [0.1, 0.15) is 23.6 Å². The Bertz CT molecular complexity index is 1650. The smallest absolute Gasteiger partial charge is 0.451 e. The number of nitrogens with zero attached hydrogens (tertiary/aromatic N) is 8. The van der Waals surface area contributed by atoms with Crippen molar-refractivity contribution >= 4 is 11.0 Å². The Balaban J connectivity index is 1.08. The normalized spacial score (nSPS) is 20.8.